The van der Waals surface area contributed by atoms with E-state index in [2.05, 4.69) is 23.5 Å². The van der Waals surface area contributed by atoms with E-state index < -0.39 is 16.1 Å². The summed E-state index contributed by atoms with van der Waals surface area (Å²) in [6.07, 6.45) is 6.04. The molecule has 1 amide bonds. The van der Waals surface area contributed by atoms with E-state index in [0.29, 0.717) is 17.1 Å². The van der Waals surface area contributed by atoms with Gasteiger partial charge in [-0.05, 0) is 73.9 Å². The topological polar surface area (TPSA) is 66.5 Å². The largest absolute Gasteiger partial charge is 0.348 e. The van der Waals surface area contributed by atoms with Gasteiger partial charge in [-0.3, -0.25) is 9.10 Å². The summed E-state index contributed by atoms with van der Waals surface area (Å²) in [6.45, 7) is 3.73. The molecule has 2 atom stereocenters. The molecule has 0 bridgehead atoms. The molecule has 0 spiro atoms. The van der Waals surface area contributed by atoms with Crippen LogP contribution in [0, 0.1) is 0 Å². The fourth-order valence-electron chi connectivity index (χ4n) is 4.09. The highest BCUT2D eigenvalue weighted by molar-refractivity contribution is 7.92. The first-order valence-electron chi connectivity index (χ1n) is 10.4. The number of benzene rings is 2. The fourth-order valence-corrected chi connectivity index (χ4v) is 5.48. The molecule has 1 aliphatic carbocycles. The monoisotopic (exact) mass is 448 g/mol. The van der Waals surface area contributed by atoms with Crippen molar-refractivity contribution in [1.29, 1.82) is 0 Å². The number of hydrogen-bond donors (Lipinski definition) is 1. The van der Waals surface area contributed by atoms with Gasteiger partial charge in [0.2, 0.25) is 15.9 Å². The van der Waals surface area contributed by atoms with Gasteiger partial charge in [0.05, 0.1) is 18.0 Å². The van der Waals surface area contributed by atoms with Gasteiger partial charge in [-0.25, -0.2) is 8.42 Å². The van der Waals surface area contributed by atoms with Gasteiger partial charge in [-0.1, -0.05) is 42.8 Å². The minimum Gasteiger partial charge on any atom is -0.348 e. The third kappa shape index (κ3) is 5.16. The predicted octanol–water partition coefficient (Wildman–Crippen LogP) is 4.64. The van der Waals surface area contributed by atoms with Gasteiger partial charge in [0.1, 0.15) is 6.04 Å². The quantitative estimate of drug-likeness (QED) is 0.670. The van der Waals surface area contributed by atoms with Gasteiger partial charge in [-0.2, -0.15) is 0 Å². The second kappa shape index (κ2) is 9.40. The Morgan fingerprint density at radius 1 is 1.13 bits per heavy atom. The van der Waals surface area contributed by atoms with E-state index in [0.717, 1.165) is 29.0 Å². The number of nitrogens with one attached hydrogen (secondary N) is 1. The van der Waals surface area contributed by atoms with Crippen LogP contribution in [0.25, 0.3) is 0 Å². The molecule has 2 aromatic carbocycles. The number of halogens is 1. The molecule has 1 aliphatic rings. The van der Waals surface area contributed by atoms with Crippen molar-refractivity contribution in [2.45, 2.75) is 58.0 Å². The van der Waals surface area contributed by atoms with Crippen molar-refractivity contribution in [1.82, 2.24) is 5.32 Å². The Morgan fingerprint density at radius 3 is 2.47 bits per heavy atom. The van der Waals surface area contributed by atoms with Crippen molar-refractivity contribution in [2.24, 2.45) is 0 Å². The predicted molar refractivity (Wildman–Crippen MR) is 122 cm³/mol. The van der Waals surface area contributed by atoms with Crippen LogP contribution in [0.4, 0.5) is 5.69 Å². The van der Waals surface area contributed by atoms with Crippen LogP contribution in [0.2, 0.25) is 5.02 Å². The molecular formula is C23H29ClN2O3S. The van der Waals surface area contributed by atoms with Crippen LogP contribution >= 0.6 is 11.6 Å². The highest BCUT2D eigenvalue weighted by Crippen LogP contribution is 2.27. The molecule has 0 aromatic heterocycles. The summed E-state index contributed by atoms with van der Waals surface area (Å²) in [6, 6.07) is 11.9. The fraction of sp³-hybridized carbons (Fsp3) is 0.435. The smallest absolute Gasteiger partial charge is 0.244 e. The third-order valence-corrected chi connectivity index (χ3v) is 7.04. The summed E-state index contributed by atoms with van der Waals surface area (Å²) < 4.78 is 26.3. The summed E-state index contributed by atoms with van der Waals surface area (Å²) in [5, 5.41) is 3.43. The molecule has 0 unspecified atom stereocenters. The van der Waals surface area contributed by atoms with Crippen molar-refractivity contribution in [3.63, 3.8) is 0 Å². The zero-order chi connectivity index (χ0) is 21.9. The normalized spacial score (nSPS) is 15.7. The third-order valence-electron chi connectivity index (χ3n) is 5.62. The maximum absolute atomic E-state index is 13.1. The first-order valence-corrected chi connectivity index (χ1v) is 12.6. The molecule has 0 aliphatic heterocycles. The van der Waals surface area contributed by atoms with Crippen LogP contribution in [0.1, 0.15) is 55.8 Å². The van der Waals surface area contributed by atoms with Crippen molar-refractivity contribution in [3.05, 3.63) is 64.2 Å². The van der Waals surface area contributed by atoms with Crippen molar-refractivity contribution in [2.75, 3.05) is 10.6 Å². The zero-order valence-electron chi connectivity index (χ0n) is 17.7. The Morgan fingerprint density at radius 2 is 1.83 bits per heavy atom. The van der Waals surface area contributed by atoms with Gasteiger partial charge >= 0.3 is 0 Å². The van der Waals surface area contributed by atoms with Crippen molar-refractivity contribution in [3.8, 4) is 0 Å². The molecule has 1 N–H and O–H groups in total. The second-order valence-corrected chi connectivity index (χ2v) is 10.2. The lowest BCUT2D eigenvalue weighted by Crippen LogP contribution is -2.49. The SMILES string of the molecule is CC[C@H](C(=O)N[C@H](C)c1ccc2c(c1)CCCC2)N(c1cccc(Cl)c1)S(C)(=O)=O. The number of rotatable bonds is 7. The number of carbonyl (C=O) groups excluding carboxylic acids is 1. The number of hydrogen-bond acceptors (Lipinski definition) is 3. The number of nitrogens with zero attached hydrogens (tertiary/aromatic N) is 1. The lowest BCUT2D eigenvalue weighted by Gasteiger charge is -2.31. The van der Waals surface area contributed by atoms with Crippen molar-refractivity contribution < 1.29 is 13.2 Å². The lowest BCUT2D eigenvalue weighted by molar-refractivity contribution is -0.122. The highest BCUT2D eigenvalue weighted by atomic mass is 35.5. The standard InChI is InChI=1S/C23H29ClN2O3S/c1-4-22(26(30(3,28)29)21-11-7-10-20(24)15-21)23(27)25-16(2)18-13-12-17-8-5-6-9-19(17)14-18/h7,10-16,22H,4-6,8-9H2,1-3H3,(H,25,27)/t16-,22-/m1/s1. The zero-order valence-corrected chi connectivity index (χ0v) is 19.3. The Kier molecular flexibility index (Phi) is 7.09. The van der Waals surface area contributed by atoms with Gasteiger partial charge in [0.15, 0.2) is 0 Å². The summed E-state index contributed by atoms with van der Waals surface area (Å²) in [5.74, 6) is -0.326. The first kappa shape index (κ1) is 22.6. The van der Waals surface area contributed by atoms with E-state index in [1.54, 1.807) is 31.2 Å². The van der Waals surface area contributed by atoms with E-state index in [9.17, 15) is 13.2 Å². The number of carbonyl (C=O) groups is 1. The first-order chi connectivity index (χ1) is 14.2. The number of sulfonamides is 1. The Hall–Kier alpha value is -2.05. The minimum atomic E-state index is -3.69. The summed E-state index contributed by atoms with van der Waals surface area (Å²) in [4.78, 5) is 13.1. The van der Waals surface area contributed by atoms with E-state index in [1.165, 1.54) is 24.0 Å². The molecule has 0 saturated carbocycles. The van der Waals surface area contributed by atoms with Gasteiger partial charge in [-0.15, -0.1) is 0 Å². The Labute approximate surface area is 184 Å². The van der Waals surface area contributed by atoms with E-state index in [1.807, 2.05) is 6.92 Å². The van der Waals surface area contributed by atoms with E-state index in [-0.39, 0.29) is 11.9 Å². The van der Waals surface area contributed by atoms with Crippen LogP contribution < -0.4 is 9.62 Å². The van der Waals surface area contributed by atoms with E-state index >= 15 is 0 Å². The van der Waals surface area contributed by atoms with Crippen LogP contribution in [0.3, 0.4) is 0 Å². The molecule has 2 aromatic rings. The number of fused-ring (bicyclic) bond motifs is 1. The van der Waals surface area contributed by atoms with Gasteiger partial charge < -0.3 is 5.32 Å². The molecule has 0 saturated heterocycles. The molecule has 5 nitrogen and oxygen atoms in total. The van der Waals surface area contributed by atoms with Crippen LogP contribution in [-0.4, -0.2) is 26.6 Å². The average molecular weight is 449 g/mol. The molecule has 30 heavy (non-hydrogen) atoms. The number of aryl methyl sites for hydroxylation is 2. The van der Waals surface area contributed by atoms with Crippen molar-refractivity contribution >= 4 is 33.2 Å². The minimum absolute atomic E-state index is 0.223. The van der Waals surface area contributed by atoms with Crippen LogP contribution in [0.15, 0.2) is 42.5 Å². The van der Waals surface area contributed by atoms with Crippen LogP contribution in [0.5, 0.6) is 0 Å². The second-order valence-electron chi connectivity index (χ2n) is 7.93. The summed E-state index contributed by atoms with van der Waals surface area (Å²) >= 11 is 6.07. The van der Waals surface area contributed by atoms with E-state index in [4.69, 9.17) is 11.6 Å². The Balaban J connectivity index is 1.83. The van der Waals surface area contributed by atoms with Crippen LogP contribution in [-0.2, 0) is 27.7 Å². The van der Waals surface area contributed by atoms with Gasteiger partial charge in [0, 0.05) is 5.02 Å². The highest BCUT2D eigenvalue weighted by Gasteiger charge is 2.32. The molecule has 3 rings (SSSR count). The Bertz CT molecular complexity index is 1020. The summed E-state index contributed by atoms with van der Waals surface area (Å²) in [7, 11) is -3.69. The number of anilines is 1. The molecule has 0 heterocycles. The van der Waals surface area contributed by atoms with Gasteiger partial charge in [0.25, 0.3) is 0 Å². The lowest BCUT2D eigenvalue weighted by atomic mass is 9.89. The average Bonchev–Trinajstić information content (AvgIpc) is 2.70. The maximum atomic E-state index is 13.1. The molecular weight excluding hydrogens is 420 g/mol. The molecule has 162 valence electrons. The molecule has 0 radical (unpaired) electrons. The molecule has 0 fully saturated rings. The number of amides is 1. The molecule has 7 heteroatoms. The summed E-state index contributed by atoms with van der Waals surface area (Å²) in [5.41, 5.74) is 4.16. The maximum Gasteiger partial charge on any atom is 0.244 e.